The Balaban J connectivity index is 1.70. The van der Waals surface area contributed by atoms with Crippen molar-refractivity contribution >= 4 is 56.0 Å². The highest BCUT2D eigenvalue weighted by molar-refractivity contribution is 7.22. The molecule has 0 N–H and O–H groups in total. The van der Waals surface area contributed by atoms with Gasteiger partial charge in [0.2, 0.25) is 17.7 Å². The van der Waals surface area contributed by atoms with Crippen molar-refractivity contribution in [2.45, 2.75) is 26.3 Å². The molecule has 29 heavy (non-hydrogen) atoms. The monoisotopic (exact) mass is 428 g/mol. The van der Waals surface area contributed by atoms with Gasteiger partial charge in [-0.15, -0.1) is 0 Å². The third-order valence-corrected chi connectivity index (χ3v) is 5.93. The van der Waals surface area contributed by atoms with Crippen LogP contribution in [0, 0.1) is 6.92 Å². The first-order valence-corrected chi connectivity index (χ1v) is 10.2. The van der Waals surface area contributed by atoms with Crippen molar-refractivity contribution in [3.8, 4) is 0 Å². The number of amides is 3. The highest BCUT2D eigenvalue weighted by atomic mass is 35.5. The Kier molecular flexibility index (Phi) is 5.29. The van der Waals surface area contributed by atoms with Crippen LogP contribution in [0.2, 0.25) is 5.02 Å². The summed E-state index contributed by atoms with van der Waals surface area (Å²) in [5.74, 6) is -1.02. The van der Waals surface area contributed by atoms with Crippen LogP contribution in [0.5, 0.6) is 0 Å². The fourth-order valence-electron chi connectivity index (χ4n) is 3.21. The highest BCUT2D eigenvalue weighted by Gasteiger charge is 2.33. The minimum atomic E-state index is -0.375. The first kappa shape index (κ1) is 19.5. The predicted molar refractivity (Wildman–Crippen MR) is 111 cm³/mol. The topological polar surface area (TPSA) is 83.5 Å². The smallest absolute Gasteiger partial charge is 0.249 e. The average molecular weight is 429 g/mol. The molecule has 0 radical (unpaired) electrons. The molecule has 0 aliphatic carbocycles. The molecule has 1 aliphatic heterocycles. The van der Waals surface area contributed by atoms with Crippen molar-refractivity contribution in [1.82, 2.24) is 14.9 Å². The van der Waals surface area contributed by atoms with Gasteiger partial charge in [-0.3, -0.25) is 29.2 Å². The molecule has 1 aromatic carbocycles. The second-order valence-electron chi connectivity index (χ2n) is 6.78. The highest BCUT2D eigenvalue weighted by Crippen LogP contribution is 2.34. The summed E-state index contributed by atoms with van der Waals surface area (Å²) < 4.78 is 0.863. The Morgan fingerprint density at radius 3 is 2.72 bits per heavy atom. The number of imide groups is 1. The van der Waals surface area contributed by atoms with Gasteiger partial charge in [-0.25, -0.2) is 4.98 Å². The molecule has 4 rings (SSSR count). The van der Waals surface area contributed by atoms with Gasteiger partial charge in [0, 0.05) is 30.3 Å². The summed E-state index contributed by atoms with van der Waals surface area (Å²) in [5, 5.41) is 1.09. The molecule has 1 aliphatic rings. The number of rotatable bonds is 5. The van der Waals surface area contributed by atoms with Crippen molar-refractivity contribution in [2.75, 3.05) is 11.4 Å². The zero-order valence-corrected chi connectivity index (χ0v) is 17.2. The minimum absolute atomic E-state index is 0.146. The van der Waals surface area contributed by atoms with Gasteiger partial charge in [-0.05, 0) is 36.2 Å². The average Bonchev–Trinajstić information content (AvgIpc) is 3.25. The number of hydrogen-bond acceptors (Lipinski definition) is 6. The van der Waals surface area contributed by atoms with E-state index in [2.05, 4.69) is 9.97 Å². The fraction of sp³-hybridized carbons (Fsp3) is 0.250. The van der Waals surface area contributed by atoms with Crippen LogP contribution in [-0.2, 0) is 20.9 Å². The van der Waals surface area contributed by atoms with Crippen LogP contribution in [0.4, 0.5) is 5.13 Å². The predicted octanol–water partition coefficient (Wildman–Crippen LogP) is 3.34. The Morgan fingerprint density at radius 2 is 2.03 bits per heavy atom. The lowest BCUT2D eigenvalue weighted by molar-refractivity contribution is -0.141. The number of benzene rings is 1. The number of pyridine rings is 1. The molecule has 148 valence electrons. The van der Waals surface area contributed by atoms with E-state index in [1.54, 1.807) is 18.5 Å². The lowest BCUT2D eigenvalue weighted by Crippen LogP contribution is -2.42. The van der Waals surface area contributed by atoms with Gasteiger partial charge in [0.25, 0.3) is 0 Å². The summed E-state index contributed by atoms with van der Waals surface area (Å²) >= 11 is 7.50. The molecule has 7 nitrogen and oxygen atoms in total. The molecule has 3 aromatic rings. The van der Waals surface area contributed by atoms with E-state index in [0.29, 0.717) is 10.2 Å². The maximum Gasteiger partial charge on any atom is 0.249 e. The van der Waals surface area contributed by atoms with Gasteiger partial charge in [0.05, 0.1) is 16.8 Å². The Bertz CT molecular complexity index is 1100. The number of carbonyl (C=O) groups is 3. The van der Waals surface area contributed by atoms with Crippen LogP contribution in [0.3, 0.4) is 0 Å². The molecular weight excluding hydrogens is 412 g/mol. The van der Waals surface area contributed by atoms with Crippen LogP contribution >= 0.6 is 22.9 Å². The Morgan fingerprint density at radius 1 is 1.28 bits per heavy atom. The van der Waals surface area contributed by atoms with Crippen molar-refractivity contribution in [2.24, 2.45) is 0 Å². The van der Waals surface area contributed by atoms with E-state index in [9.17, 15) is 14.4 Å². The molecule has 2 aromatic heterocycles. The zero-order valence-electron chi connectivity index (χ0n) is 15.6. The maximum atomic E-state index is 13.1. The van der Waals surface area contributed by atoms with E-state index in [4.69, 9.17) is 11.6 Å². The van der Waals surface area contributed by atoms with Gasteiger partial charge in [-0.1, -0.05) is 29.0 Å². The molecule has 3 heterocycles. The number of halogens is 1. The molecule has 3 amide bonds. The number of aryl methyl sites for hydroxylation is 1. The van der Waals surface area contributed by atoms with Crippen LogP contribution in [0.1, 0.15) is 24.0 Å². The molecule has 0 spiro atoms. The number of fused-ring (bicyclic) bond motifs is 1. The quantitative estimate of drug-likeness (QED) is 0.582. The molecule has 9 heteroatoms. The third-order valence-electron chi connectivity index (χ3n) is 4.68. The van der Waals surface area contributed by atoms with Crippen LogP contribution in [0.15, 0.2) is 36.7 Å². The number of anilines is 1. The van der Waals surface area contributed by atoms with Crippen LogP contribution in [-0.4, -0.2) is 39.1 Å². The van der Waals surface area contributed by atoms with E-state index in [1.165, 1.54) is 16.2 Å². The van der Waals surface area contributed by atoms with E-state index < -0.39 is 0 Å². The summed E-state index contributed by atoms with van der Waals surface area (Å²) in [7, 11) is 0. The summed E-state index contributed by atoms with van der Waals surface area (Å²) in [4.78, 5) is 48.3. The Labute approximate surface area is 175 Å². The summed E-state index contributed by atoms with van der Waals surface area (Å²) in [6.45, 7) is 1.84. The zero-order chi connectivity index (χ0) is 20.5. The molecule has 0 unspecified atom stereocenters. The maximum absolute atomic E-state index is 13.1. The van der Waals surface area contributed by atoms with Gasteiger partial charge >= 0.3 is 0 Å². The van der Waals surface area contributed by atoms with E-state index in [-0.39, 0.29) is 43.7 Å². The number of carbonyl (C=O) groups excluding carboxylic acids is 3. The van der Waals surface area contributed by atoms with Crippen molar-refractivity contribution in [1.29, 1.82) is 0 Å². The number of aromatic nitrogens is 2. The van der Waals surface area contributed by atoms with Crippen molar-refractivity contribution in [3.63, 3.8) is 0 Å². The molecule has 1 saturated heterocycles. The molecular formula is C20H17ClN4O3S. The second kappa shape index (κ2) is 7.88. The molecule has 1 fully saturated rings. The minimum Gasteiger partial charge on any atom is -0.282 e. The summed E-state index contributed by atoms with van der Waals surface area (Å²) in [5.41, 5.74) is 2.49. The standard InChI is InChI=1S/C20H17ClN4O3S/c1-12-7-14(21)8-15-19(12)23-20(29-15)25(10-13-3-2-6-22-9-13)18(28)11-24-16(26)4-5-17(24)27/h2-3,6-9H,4-5,10-11H2,1H3. The SMILES string of the molecule is Cc1cc(Cl)cc2sc(N(Cc3cccnc3)C(=O)CN3C(=O)CCC3=O)nc12. The van der Waals surface area contributed by atoms with Crippen molar-refractivity contribution in [3.05, 3.63) is 52.8 Å². The largest absolute Gasteiger partial charge is 0.282 e. The van der Waals surface area contributed by atoms with E-state index in [0.717, 1.165) is 26.2 Å². The van der Waals surface area contributed by atoms with Crippen LogP contribution < -0.4 is 4.90 Å². The third kappa shape index (κ3) is 3.99. The van der Waals surface area contributed by atoms with Crippen molar-refractivity contribution < 1.29 is 14.4 Å². The number of thiazole rings is 1. The lowest BCUT2D eigenvalue weighted by Gasteiger charge is -2.22. The summed E-state index contributed by atoms with van der Waals surface area (Å²) in [6.07, 6.45) is 3.61. The van der Waals surface area contributed by atoms with E-state index >= 15 is 0 Å². The second-order valence-corrected chi connectivity index (χ2v) is 8.23. The molecule has 0 saturated carbocycles. The van der Waals surface area contributed by atoms with E-state index in [1.807, 2.05) is 25.1 Å². The first-order chi connectivity index (χ1) is 13.9. The van der Waals surface area contributed by atoms with Gasteiger partial charge in [-0.2, -0.15) is 0 Å². The number of nitrogens with zero attached hydrogens (tertiary/aromatic N) is 4. The Hall–Kier alpha value is -2.84. The summed E-state index contributed by atoms with van der Waals surface area (Å²) in [6, 6.07) is 7.27. The molecule has 0 bridgehead atoms. The lowest BCUT2D eigenvalue weighted by atomic mass is 10.2. The first-order valence-electron chi connectivity index (χ1n) is 9.01. The van der Waals surface area contributed by atoms with Gasteiger partial charge in [0.1, 0.15) is 6.54 Å². The number of hydrogen-bond donors (Lipinski definition) is 0. The fourth-order valence-corrected chi connectivity index (χ4v) is 4.65. The normalized spacial score (nSPS) is 14.1. The van der Waals surface area contributed by atoms with Gasteiger partial charge in [0.15, 0.2) is 5.13 Å². The number of likely N-dealkylation sites (tertiary alicyclic amines) is 1. The van der Waals surface area contributed by atoms with Crippen LogP contribution in [0.25, 0.3) is 10.2 Å². The van der Waals surface area contributed by atoms with Gasteiger partial charge < -0.3 is 0 Å². The molecule has 0 atom stereocenters.